The zero-order valence-electron chi connectivity index (χ0n) is 12.5. The average molecular weight is 308 g/mol. The predicted molar refractivity (Wildman–Crippen MR) is 83.7 cm³/mol. The summed E-state index contributed by atoms with van der Waals surface area (Å²) < 4.78 is 5.47. The van der Waals surface area contributed by atoms with Gasteiger partial charge in [0, 0.05) is 29.9 Å². The van der Waals surface area contributed by atoms with Gasteiger partial charge in [-0.15, -0.1) is 0 Å². The zero-order chi connectivity index (χ0) is 15.6. The topological polar surface area (TPSA) is 83.8 Å². The van der Waals surface area contributed by atoms with E-state index in [1.807, 2.05) is 18.2 Å². The molecule has 3 aromatic rings. The molecule has 1 aliphatic rings. The summed E-state index contributed by atoms with van der Waals surface area (Å²) in [7, 11) is 0. The molecule has 6 nitrogen and oxygen atoms in total. The molecule has 0 spiro atoms. The molecule has 1 amide bonds. The fourth-order valence-corrected chi connectivity index (χ4v) is 3.07. The summed E-state index contributed by atoms with van der Waals surface area (Å²) in [4.78, 5) is 16.7. The Morgan fingerprint density at radius 2 is 2.17 bits per heavy atom. The number of fused-ring (bicyclic) bond motifs is 1. The molecule has 0 aliphatic heterocycles. The predicted octanol–water partition coefficient (Wildman–Crippen LogP) is 2.87. The number of hydrogen-bond acceptors (Lipinski definition) is 4. The number of aromatic nitrogens is 3. The Morgan fingerprint density at radius 1 is 1.30 bits per heavy atom. The SMILES string of the molecule is O=C(N[C@@H]1CCCc2occc21)c1cn[nH]c1-c1ccncc1. The van der Waals surface area contributed by atoms with Gasteiger partial charge < -0.3 is 9.73 Å². The highest BCUT2D eigenvalue weighted by Crippen LogP contribution is 2.31. The minimum absolute atomic E-state index is 0.00908. The highest BCUT2D eigenvalue weighted by molar-refractivity contribution is 5.99. The van der Waals surface area contributed by atoms with Crippen LogP contribution in [0.2, 0.25) is 0 Å². The van der Waals surface area contributed by atoms with Gasteiger partial charge in [0.1, 0.15) is 5.76 Å². The summed E-state index contributed by atoms with van der Waals surface area (Å²) in [5, 5.41) is 10.0. The highest BCUT2D eigenvalue weighted by atomic mass is 16.3. The number of carbonyl (C=O) groups excluding carboxylic acids is 1. The van der Waals surface area contributed by atoms with Crippen LogP contribution in [0.4, 0.5) is 0 Å². The van der Waals surface area contributed by atoms with Crippen molar-refractivity contribution in [2.75, 3.05) is 0 Å². The molecule has 0 radical (unpaired) electrons. The lowest BCUT2D eigenvalue weighted by atomic mass is 9.93. The number of H-pyrrole nitrogens is 1. The standard InChI is InChI=1S/C17H16N4O2/c22-17(20-14-2-1-3-15-12(14)6-9-23-15)13-10-19-21-16(13)11-4-7-18-8-5-11/h4-10,14H,1-3H2,(H,19,21)(H,20,22)/t14-/m1/s1. The van der Waals surface area contributed by atoms with Gasteiger partial charge in [-0.3, -0.25) is 14.9 Å². The molecule has 0 saturated heterocycles. The van der Waals surface area contributed by atoms with Crippen LogP contribution in [0.5, 0.6) is 0 Å². The summed E-state index contributed by atoms with van der Waals surface area (Å²) in [5.74, 6) is 0.840. The number of pyridine rings is 1. The van der Waals surface area contributed by atoms with Crippen LogP contribution < -0.4 is 5.32 Å². The first-order valence-electron chi connectivity index (χ1n) is 7.64. The van der Waals surface area contributed by atoms with Crippen molar-refractivity contribution in [3.63, 3.8) is 0 Å². The third-order valence-electron chi connectivity index (χ3n) is 4.21. The van der Waals surface area contributed by atoms with Crippen molar-refractivity contribution >= 4 is 5.91 Å². The summed E-state index contributed by atoms with van der Waals surface area (Å²) in [5.41, 5.74) is 3.20. The Labute approximate surface area is 132 Å². The fourth-order valence-electron chi connectivity index (χ4n) is 3.07. The van der Waals surface area contributed by atoms with Crippen molar-refractivity contribution in [2.45, 2.75) is 25.3 Å². The lowest BCUT2D eigenvalue weighted by Gasteiger charge is -2.22. The smallest absolute Gasteiger partial charge is 0.255 e. The molecule has 3 aromatic heterocycles. The number of rotatable bonds is 3. The Hall–Kier alpha value is -2.89. The Bertz CT molecular complexity index is 822. The molecule has 0 fully saturated rings. The van der Waals surface area contributed by atoms with E-state index in [9.17, 15) is 4.79 Å². The second-order valence-electron chi connectivity index (χ2n) is 5.61. The molecule has 4 rings (SSSR count). The van der Waals surface area contributed by atoms with E-state index < -0.39 is 0 Å². The van der Waals surface area contributed by atoms with E-state index >= 15 is 0 Å². The first-order valence-corrected chi connectivity index (χ1v) is 7.64. The molecule has 0 bridgehead atoms. The van der Waals surface area contributed by atoms with E-state index in [0.717, 1.165) is 36.1 Å². The molecular formula is C17H16N4O2. The van der Waals surface area contributed by atoms with Crippen molar-refractivity contribution < 1.29 is 9.21 Å². The maximum absolute atomic E-state index is 12.7. The molecule has 1 atom stereocenters. The molecule has 3 heterocycles. The first kappa shape index (κ1) is 13.8. The Kier molecular flexibility index (Phi) is 3.42. The van der Waals surface area contributed by atoms with Crippen molar-refractivity contribution in [3.8, 4) is 11.3 Å². The summed E-state index contributed by atoms with van der Waals surface area (Å²) >= 11 is 0. The minimum Gasteiger partial charge on any atom is -0.469 e. The van der Waals surface area contributed by atoms with Crippen molar-refractivity contribution in [2.24, 2.45) is 0 Å². The van der Waals surface area contributed by atoms with E-state index in [4.69, 9.17) is 4.42 Å². The molecule has 1 aliphatic carbocycles. The van der Waals surface area contributed by atoms with Gasteiger partial charge in [-0.2, -0.15) is 5.10 Å². The van der Waals surface area contributed by atoms with Gasteiger partial charge in [0.2, 0.25) is 0 Å². The summed E-state index contributed by atoms with van der Waals surface area (Å²) in [6.07, 6.45) is 9.49. The van der Waals surface area contributed by atoms with Gasteiger partial charge in [-0.05, 0) is 31.0 Å². The van der Waals surface area contributed by atoms with Crippen molar-refractivity contribution in [1.82, 2.24) is 20.5 Å². The van der Waals surface area contributed by atoms with Gasteiger partial charge in [-0.25, -0.2) is 0 Å². The maximum atomic E-state index is 12.7. The van der Waals surface area contributed by atoms with Crippen LogP contribution in [0.25, 0.3) is 11.3 Å². The van der Waals surface area contributed by atoms with Gasteiger partial charge in [0.15, 0.2) is 0 Å². The summed E-state index contributed by atoms with van der Waals surface area (Å²) in [6.45, 7) is 0. The van der Waals surface area contributed by atoms with E-state index in [2.05, 4.69) is 20.5 Å². The third kappa shape index (κ3) is 2.52. The second-order valence-corrected chi connectivity index (χ2v) is 5.61. The minimum atomic E-state index is -0.135. The van der Waals surface area contributed by atoms with Crippen LogP contribution in [0, 0.1) is 0 Å². The Morgan fingerprint density at radius 3 is 3.04 bits per heavy atom. The third-order valence-corrected chi connectivity index (χ3v) is 4.21. The largest absolute Gasteiger partial charge is 0.469 e. The van der Waals surface area contributed by atoms with Crippen LogP contribution in [-0.4, -0.2) is 21.1 Å². The number of amides is 1. The number of hydrogen-bond donors (Lipinski definition) is 2. The van der Waals surface area contributed by atoms with Crippen LogP contribution in [-0.2, 0) is 6.42 Å². The summed E-state index contributed by atoms with van der Waals surface area (Å²) in [6, 6.07) is 5.63. The number of furan rings is 1. The van der Waals surface area contributed by atoms with Gasteiger partial charge >= 0.3 is 0 Å². The molecule has 23 heavy (non-hydrogen) atoms. The Balaban J connectivity index is 1.59. The van der Waals surface area contributed by atoms with E-state index in [0.29, 0.717) is 11.3 Å². The molecule has 2 N–H and O–H groups in total. The molecule has 0 saturated carbocycles. The number of aromatic amines is 1. The second kappa shape index (κ2) is 5.72. The molecule has 116 valence electrons. The van der Waals surface area contributed by atoms with Crippen LogP contribution in [0.3, 0.4) is 0 Å². The quantitative estimate of drug-likeness (QED) is 0.779. The lowest BCUT2D eigenvalue weighted by Crippen LogP contribution is -2.30. The van der Waals surface area contributed by atoms with Crippen LogP contribution in [0.15, 0.2) is 47.5 Å². The van der Waals surface area contributed by atoms with Crippen molar-refractivity contribution in [1.29, 1.82) is 0 Å². The van der Waals surface area contributed by atoms with E-state index in [1.165, 1.54) is 0 Å². The van der Waals surface area contributed by atoms with E-state index in [1.54, 1.807) is 24.9 Å². The number of nitrogens with one attached hydrogen (secondary N) is 2. The lowest BCUT2D eigenvalue weighted by molar-refractivity contribution is 0.0933. The number of aryl methyl sites for hydroxylation is 1. The molecule has 6 heteroatoms. The van der Waals surface area contributed by atoms with E-state index in [-0.39, 0.29) is 11.9 Å². The van der Waals surface area contributed by atoms with Gasteiger partial charge in [0.05, 0.1) is 29.8 Å². The molecule has 0 aromatic carbocycles. The molecule has 0 unspecified atom stereocenters. The highest BCUT2D eigenvalue weighted by Gasteiger charge is 2.25. The normalized spacial score (nSPS) is 16.8. The maximum Gasteiger partial charge on any atom is 0.255 e. The van der Waals surface area contributed by atoms with Crippen LogP contribution in [0.1, 0.15) is 40.6 Å². The van der Waals surface area contributed by atoms with Crippen LogP contribution >= 0.6 is 0 Å². The number of nitrogens with zero attached hydrogens (tertiary/aromatic N) is 2. The van der Waals surface area contributed by atoms with Crippen molar-refractivity contribution in [3.05, 3.63) is 59.9 Å². The average Bonchev–Trinajstić information content (AvgIpc) is 3.25. The fraction of sp³-hybridized carbons (Fsp3) is 0.235. The molecular weight excluding hydrogens is 292 g/mol. The first-order chi connectivity index (χ1) is 11.3. The monoisotopic (exact) mass is 308 g/mol. The zero-order valence-corrected chi connectivity index (χ0v) is 12.5. The van der Waals surface area contributed by atoms with Gasteiger partial charge in [-0.1, -0.05) is 0 Å². The van der Waals surface area contributed by atoms with Gasteiger partial charge in [0.25, 0.3) is 5.91 Å². The number of carbonyl (C=O) groups is 1.